The van der Waals surface area contributed by atoms with E-state index in [1.807, 2.05) is 60.7 Å². The first-order valence-corrected chi connectivity index (χ1v) is 34.9. The summed E-state index contributed by atoms with van der Waals surface area (Å²) in [6.45, 7) is 9.28. The highest BCUT2D eigenvalue weighted by atomic mass is 31.2. The molecule has 0 spiro atoms. The second-order valence-corrected chi connectivity index (χ2v) is 25.3. The Kier molecular flexibility index (Phi) is 43.3. The Bertz CT molecular complexity index is 1350. The molecule has 1 heterocycles. The molecule has 0 radical (unpaired) electrons. The van der Waals surface area contributed by atoms with E-state index in [9.17, 15) is 0 Å². The van der Waals surface area contributed by atoms with Crippen LogP contribution in [0.15, 0.2) is 60.7 Å². The van der Waals surface area contributed by atoms with Crippen LogP contribution < -0.4 is 9.05 Å². The molecule has 2 aromatic rings. The number of unbranched alkanes of at least 4 members (excludes halogenated alkanes) is 41. The van der Waals surface area contributed by atoms with E-state index in [2.05, 4.69) is 27.7 Å². The van der Waals surface area contributed by atoms with Gasteiger partial charge in [-0.1, -0.05) is 347 Å². The van der Waals surface area contributed by atoms with Crippen LogP contribution in [0.5, 0.6) is 11.5 Å². The van der Waals surface area contributed by atoms with Crippen LogP contribution in [0.3, 0.4) is 0 Å². The molecule has 0 atom stereocenters. The minimum Gasteiger partial charge on any atom is -0.418 e. The highest BCUT2D eigenvalue weighted by molar-refractivity contribution is 7.56. The van der Waals surface area contributed by atoms with Crippen LogP contribution in [-0.4, -0.2) is 5.79 Å². The second kappa shape index (κ2) is 47.8. The molecule has 0 saturated carbocycles. The van der Waals surface area contributed by atoms with E-state index in [-0.39, 0.29) is 5.41 Å². The molecule has 0 unspecified atom stereocenters. The van der Waals surface area contributed by atoms with Crippen LogP contribution in [0.4, 0.5) is 0 Å². The lowest BCUT2D eigenvalue weighted by atomic mass is 9.66. The molecule has 0 aromatic heterocycles. The summed E-state index contributed by atoms with van der Waals surface area (Å²) in [7, 11) is -3.46. The summed E-state index contributed by atoms with van der Waals surface area (Å²) < 4.78 is 34.5. The zero-order valence-electron chi connectivity index (χ0n) is 49.4. The van der Waals surface area contributed by atoms with Gasteiger partial charge in [0.2, 0.25) is 0 Å². The van der Waals surface area contributed by atoms with Gasteiger partial charge in [0.1, 0.15) is 11.5 Å². The molecule has 2 aromatic carbocycles. The number of benzene rings is 2. The third-order valence-electron chi connectivity index (χ3n) is 16.4. The summed E-state index contributed by atoms with van der Waals surface area (Å²) >= 11 is 0. The van der Waals surface area contributed by atoms with Crippen molar-refractivity contribution in [3.8, 4) is 11.5 Å². The average Bonchev–Trinajstić information content (AvgIpc) is 3.41. The van der Waals surface area contributed by atoms with E-state index in [0.29, 0.717) is 0 Å². The first kappa shape index (κ1) is 67.1. The fourth-order valence-corrected chi connectivity index (χ4v) is 14.3. The molecule has 5 nitrogen and oxygen atoms in total. The van der Waals surface area contributed by atoms with Crippen LogP contribution in [0, 0.1) is 5.41 Å². The summed E-state index contributed by atoms with van der Waals surface area (Å²) in [5.74, 6) is 0.825. The summed E-state index contributed by atoms with van der Waals surface area (Å²) in [5, 5.41) is 0. The highest BCUT2D eigenvalue weighted by Gasteiger charge is 2.62. The number of rotatable bonds is 56. The van der Waals surface area contributed by atoms with Gasteiger partial charge in [0, 0.05) is 11.8 Å². The highest BCUT2D eigenvalue weighted by Crippen LogP contribution is 2.72. The Morgan fingerprint density at radius 3 is 0.851 bits per heavy atom. The minimum atomic E-state index is -1.81. The monoisotopic (exact) mass is 1070 g/mol. The van der Waals surface area contributed by atoms with Crippen LogP contribution in [-0.2, 0) is 13.4 Å². The van der Waals surface area contributed by atoms with Gasteiger partial charge in [0.15, 0.2) is 5.79 Å². The molecule has 1 aliphatic rings. The fraction of sp³-hybridized carbons (Fsp3) is 0.821. The predicted octanol–water partition coefficient (Wildman–Crippen LogP) is 25.5. The maximum Gasteiger partial charge on any atom is 0.470 e. The molecule has 1 aliphatic heterocycles. The number of para-hydroxylation sites is 2. The van der Waals surface area contributed by atoms with Gasteiger partial charge in [-0.3, -0.25) is 9.05 Å². The van der Waals surface area contributed by atoms with Gasteiger partial charge >= 0.3 is 17.2 Å². The summed E-state index contributed by atoms with van der Waals surface area (Å²) in [4.78, 5) is 0. The lowest BCUT2D eigenvalue weighted by Crippen LogP contribution is -2.56. The van der Waals surface area contributed by atoms with E-state index in [1.165, 1.54) is 302 Å². The van der Waals surface area contributed by atoms with Gasteiger partial charge in [0.05, 0.1) is 0 Å². The first-order chi connectivity index (χ1) is 36.6. The zero-order chi connectivity index (χ0) is 52.6. The minimum absolute atomic E-state index is 0.0336. The molecule has 1 saturated heterocycles. The Labute approximate surface area is 463 Å². The van der Waals surface area contributed by atoms with Gasteiger partial charge in [-0.05, 0) is 49.9 Å². The summed E-state index contributed by atoms with van der Waals surface area (Å²) in [5.41, 5.74) is -0.0336. The van der Waals surface area contributed by atoms with Gasteiger partial charge < -0.3 is 9.05 Å². The smallest absolute Gasteiger partial charge is 0.418 e. The van der Waals surface area contributed by atoms with Crippen molar-refractivity contribution in [2.75, 3.05) is 0 Å². The molecule has 0 amide bonds. The van der Waals surface area contributed by atoms with E-state index < -0.39 is 23.0 Å². The van der Waals surface area contributed by atoms with Crippen molar-refractivity contribution < 1.29 is 22.4 Å². The van der Waals surface area contributed by atoms with Crippen molar-refractivity contribution >= 4 is 17.2 Å². The van der Waals surface area contributed by atoms with E-state index in [1.54, 1.807) is 0 Å². The molecule has 7 heteroatoms. The van der Waals surface area contributed by atoms with E-state index in [0.717, 1.165) is 24.3 Å². The zero-order valence-corrected chi connectivity index (χ0v) is 51.1. The Balaban J connectivity index is 1.82. The lowest BCUT2D eigenvalue weighted by Gasteiger charge is -2.57. The molecular formula is C67H120O5P2. The topological polar surface area (TPSA) is 46.2 Å². The van der Waals surface area contributed by atoms with Gasteiger partial charge in [-0.25, -0.2) is 4.31 Å². The fourth-order valence-electron chi connectivity index (χ4n) is 11.6. The van der Waals surface area contributed by atoms with Gasteiger partial charge in [0.25, 0.3) is 0 Å². The Morgan fingerprint density at radius 2 is 0.581 bits per heavy atom. The predicted molar refractivity (Wildman–Crippen MR) is 325 cm³/mol. The molecule has 428 valence electrons. The SMILES string of the molecule is CCCCCCCCCCCCCCC1(C(CCCCCCCCCCCCC)(CCCCCCCCCCCCC)CCCCCCCCCCCCC)OP(OP(Oc2ccccc2)Oc2ccccc2)O1. The standard InChI is InChI=1S/C67H120O5P2/c1-5-9-13-17-21-25-29-33-37-41-45-55-63-67(70-74(71-67)72-73(68-64-56-48-46-49-57-64)69-65-58-50-47-51-59-65)66(60-52-42-38-34-30-26-22-18-14-10-6-2,61-53-43-39-35-31-27-23-19-15-11-7-3)62-54-44-40-36-32-28-24-20-16-12-8-4/h46-51,56-59H,5-45,52-55,60-63H2,1-4H3. The molecule has 0 N–H and O–H groups in total. The van der Waals surface area contributed by atoms with Crippen molar-refractivity contribution in [3.63, 3.8) is 0 Å². The van der Waals surface area contributed by atoms with Gasteiger partial charge in [-0.15, -0.1) is 0 Å². The van der Waals surface area contributed by atoms with E-state index in [4.69, 9.17) is 22.4 Å². The molecule has 3 rings (SSSR count). The van der Waals surface area contributed by atoms with Crippen molar-refractivity contribution in [2.24, 2.45) is 5.41 Å². The van der Waals surface area contributed by atoms with Gasteiger partial charge in [-0.2, -0.15) is 0 Å². The molecule has 74 heavy (non-hydrogen) atoms. The third kappa shape index (κ3) is 32.6. The lowest BCUT2D eigenvalue weighted by molar-refractivity contribution is -0.281. The number of hydrogen-bond acceptors (Lipinski definition) is 5. The van der Waals surface area contributed by atoms with Crippen molar-refractivity contribution in [1.82, 2.24) is 0 Å². The third-order valence-corrected chi connectivity index (χ3v) is 19.0. The Morgan fingerprint density at radius 1 is 0.338 bits per heavy atom. The van der Waals surface area contributed by atoms with Crippen molar-refractivity contribution in [1.29, 1.82) is 0 Å². The maximum absolute atomic E-state index is 7.43. The van der Waals surface area contributed by atoms with Crippen LogP contribution in [0.1, 0.15) is 342 Å². The summed E-state index contributed by atoms with van der Waals surface area (Å²) in [6, 6.07) is 19.9. The van der Waals surface area contributed by atoms with Crippen molar-refractivity contribution in [3.05, 3.63) is 60.7 Å². The first-order valence-electron chi connectivity index (χ1n) is 32.7. The van der Waals surface area contributed by atoms with Crippen LogP contribution in [0.25, 0.3) is 0 Å². The average molecular weight is 1070 g/mol. The largest absolute Gasteiger partial charge is 0.470 e. The molecule has 0 aliphatic carbocycles. The quantitative estimate of drug-likeness (QED) is 0.0488. The molecule has 1 fully saturated rings. The van der Waals surface area contributed by atoms with E-state index >= 15 is 0 Å². The molecular weight excluding hydrogens is 947 g/mol. The second-order valence-electron chi connectivity index (χ2n) is 23.0. The van der Waals surface area contributed by atoms with Crippen LogP contribution >= 0.6 is 17.2 Å². The maximum atomic E-state index is 7.43. The summed E-state index contributed by atoms with van der Waals surface area (Å²) in [6.07, 6.45) is 65.9. The Hall–Kier alpha value is -1.22. The van der Waals surface area contributed by atoms with Crippen LogP contribution in [0.2, 0.25) is 0 Å². The number of hydrogen-bond donors (Lipinski definition) is 0. The normalized spacial score (nSPS) is 15.8. The molecule has 0 bridgehead atoms. The van der Waals surface area contributed by atoms with Crippen molar-refractivity contribution in [2.45, 2.75) is 348 Å².